The number of hydrogen-bond donors (Lipinski definition) is 0. The van der Waals surface area contributed by atoms with E-state index >= 15 is 0 Å². The van der Waals surface area contributed by atoms with Crippen LogP contribution in [0.2, 0.25) is 0 Å². The molecule has 0 bridgehead atoms. The smallest absolute Gasteiger partial charge is 0.282 e. The van der Waals surface area contributed by atoms with Crippen molar-refractivity contribution in [2.75, 3.05) is 11.9 Å². The Labute approximate surface area is 120 Å². The topological polar surface area (TPSA) is 63.9 Å². The van der Waals surface area contributed by atoms with Crippen LogP contribution in [0.1, 0.15) is 23.5 Å². The normalized spacial score (nSPS) is 11.0. The lowest BCUT2D eigenvalue weighted by Crippen LogP contribution is -2.31. The number of nitrogens with zero attached hydrogens (tertiary/aromatic N) is 5. The molecule has 2 aromatic heterocycles. The molecule has 2 aromatic rings. The second kappa shape index (κ2) is 5.94. The monoisotopic (exact) mass is 295 g/mol. The molecule has 0 aromatic carbocycles. The van der Waals surface area contributed by atoms with E-state index in [1.165, 1.54) is 15.6 Å². The average Bonchev–Trinajstić information content (AvgIpc) is 2.80. The third kappa shape index (κ3) is 3.39. The summed E-state index contributed by atoms with van der Waals surface area (Å²) in [6.07, 6.45) is -2.65. The Bertz CT molecular complexity index is 639. The molecule has 0 fully saturated rings. The van der Waals surface area contributed by atoms with E-state index in [9.17, 15) is 13.6 Å². The number of carbonyl (C=O) groups excluding carboxylic acids is 1. The predicted octanol–water partition coefficient (Wildman–Crippen LogP) is 1.89. The number of amides is 1. The fraction of sp³-hybridized carbons (Fsp3) is 0.385. The van der Waals surface area contributed by atoms with Gasteiger partial charge in [0, 0.05) is 12.7 Å². The molecule has 1 amide bonds. The summed E-state index contributed by atoms with van der Waals surface area (Å²) in [5.74, 6) is 0.0738. The van der Waals surface area contributed by atoms with Crippen LogP contribution in [0.4, 0.5) is 14.6 Å². The highest BCUT2D eigenvalue weighted by Crippen LogP contribution is 2.18. The van der Waals surface area contributed by atoms with Crippen LogP contribution in [0.25, 0.3) is 0 Å². The largest absolute Gasteiger partial charge is 0.297 e. The van der Waals surface area contributed by atoms with E-state index < -0.39 is 6.43 Å². The van der Waals surface area contributed by atoms with E-state index in [-0.39, 0.29) is 18.1 Å². The van der Waals surface area contributed by atoms with Gasteiger partial charge >= 0.3 is 0 Å². The standard InChI is InChI=1S/C13H15F2N5O/c1-8-4-5-11(17-16-8)19(3)12(21)7-20-9(2)6-10(18-20)13(14)15/h4-6,13H,7H2,1-3H3. The second-order valence-corrected chi connectivity index (χ2v) is 4.65. The molecule has 2 heterocycles. The molecule has 0 aliphatic carbocycles. The van der Waals surface area contributed by atoms with Gasteiger partial charge in [-0.3, -0.25) is 14.4 Å². The molecule has 0 saturated heterocycles. The van der Waals surface area contributed by atoms with Crippen molar-refractivity contribution in [1.82, 2.24) is 20.0 Å². The highest BCUT2D eigenvalue weighted by Gasteiger charge is 2.18. The van der Waals surface area contributed by atoms with Crippen molar-refractivity contribution >= 4 is 11.7 Å². The predicted molar refractivity (Wildman–Crippen MR) is 72.1 cm³/mol. The van der Waals surface area contributed by atoms with Crippen molar-refractivity contribution in [3.63, 3.8) is 0 Å². The van der Waals surface area contributed by atoms with Crippen molar-refractivity contribution < 1.29 is 13.6 Å². The van der Waals surface area contributed by atoms with Crippen LogP contribution >= 0.6 is 0 Å². The zero-order chi connectivity index (χ0) is 15.6. The molecule has 112 valence electrons. The van der Waals surface area contributed by atoms with Crippen molar-refractivity contribution in [1.29, 1.82) is 0 Å². The van der Waals surface area contributed by atoms with E-state index in [1.807, 2.05) is 0 Å². The minimum absolute atomic E-state index is 0.134. The zero-order valence-electron chi connectivity index (χ0n) is 11.9. The highest BCUT2D eigenvalue weighted by atomic mass is 19.3. The number of aromatic nitrogens is 4. The summed E-state index contributed by atoms with van der Waals surface area (Å²) in [5, 5.41) is 11.5. The van der Waals surface area contributed by atoms with Crippen LogP contribution in [0.15, 0.2) is 18.2 Å². The lowest BCUT2D eigenvalue weighted by Gasteiger charge is -2.16. The molecule has 0 aliphatic rings. The number of carbonyl (C=O) groups is 1. The average molecular weight is 295 g/mol. The van der Waals surface area contributed by atoms with Crippen molar-refractivity contribution in [3.8, 4) is 0 Å². The van der Waals surface area contributed by atoms with Gasteiger partial charge in [0.1, 0.15) is 12.2 Å². The summed E-state index contributed by atoms with van der Waals surface area (Å²) in [6.45, 7) is 3.28. The van der Waals surface area contributed by atoms with Gasteiger partial charge in [0.2, 0.25) is 5.91 Å². The van der Waals surface area contributed by atoms with Gasteiger partial charge in [-0.25, -0.2) is 8.78 Å². The molecule has 21 heavy (non-hydrogen) atoms. The molecule has 2 rings (SSSR count). The number of aryl methyl sites for hydroxylation is 2. The summed E-state index contributed by atoms with van der Waals surface area (Å²) in [5.41, 5.74) is 0.907. The summed E-state index contributed by atoms with van der Waals surface area (Å²) < 4.78 is 26.4. The minimum Gasteiger partial charge on any atom is -0.297 e. The first-order valence-electron chi connectivity index (χ1n) is 6.28. The second-order valence-electron chi connectivity index (χ2n) is 4.65. The third-order valence-electron chi connectivity index (χ3n) is 3.01. The number of rotatable bonds is 4. The number of alkyl halides is 2. The van der Waals surface area contributed by atoms with E-state index in [2.05, 4.69) is 15.3 Å². The summed E-state index contributed by atoms with van der Waals surface area (Å²) >= 11 is 0. The van der Waals surface area contributed by atoms with Crippen LogP contribution in [0, 0.1) is 13.8 Å². The van der Waals surface area contributed by atoms with Gasteiger partial charge in [-0.05, 0) is 32.0 Å². The van der Waals surface area contributed by atoms with Gasteiger partial charge in [0.25, 0.3) is 6.43 Å². The van der Waals surface area contributed by atoms with Crippen LogP contribution in [-0.4, -0.2) is 32.9 Å². The zero-order valence-corrected chi connectivity index (χ0v) is 11.9. The fourth-order valence-corrected chi connectivity index (χ4v) is 1.74. The molecule has 0 radical (unpaired) electrons. The van der Waals surface area contributed by atoms with Crippen molar-refractivity contribution in [2.45, 2.75) is 26.8 Å². The molecule has 0 spiro atoms. The Hall–Kier alpha value is -2.38. The first-order chi connectivity index (χ1) is 9.88. The number of anilines is 1. The molecular weight excluding hydrogens is 280 g/mol. The van der Waals surface area contributed by atoms with E-state index in [0.717, 1.165) is 5.69 Å². The van der Waals surface area contributed by atoms with Gasteiger partial charge in [-0.2, -0.15) is 10.2 Å². The van der Waals surface area contributed by atoms with Crippen molar-refractivity contribution in [3.05, 3.63) is 35.3 Å². The lowest BCUT2D eigenvalue weighted by molar-refractivity contribution is -0.119. The van der Waals surface area contributed by atoms with Crippen molar-refractivity contribution in [2.24, 2.45) is 0 Å². The number of likely N-dealkylation sites (N-methyl/N-ethyl adjacent to an activating group) is 1. The summed E-state index contributed by atoms with van der Waals surface area (Å²) in [7, 11) is 1.55. The molecule has 6 nitrogen and oxygen atoms in total. The van der Waals surface area contributed by atoms with Gasteiger partial charge < -0.3 is 0 Å². The van der Waals surface area contributed by atoms with Gasteiger partial charge in [-0.15, -0.1) is 5.10 Å². The molecule has 8 heteroatoms. The quantitative estimate of drug-likeness (QED) is 0.864. The Morgan fingerprint density at radius 3 is 2.57 bits per heavy atom. The van der Waals surface area contributed by atoms with Gasteiger partial charge in [0.15, 0.2) is 5.82 Å². The Kier molecular flexibility index (Phi) is 4.25. The first kappa shape index (κ1) is 15.0. The summed E-state index contributed by atoms with van der Waals surface area (Å²) in [6, 6.07) is 4.67. The number of hydrogen-bond acceptors (Lipinski definition) is 4. The Morgan fingerprint density at radius 2 is 2.05 bits per heavy atom. The lowest BCUT2D eigenvalue weighted by atomic mass is 10.4. The molecule has 0 N–H and O–H groups in total. The third-order valence-corrected chi connectivity index (χ3v) is 3.01. The van der Waals surface area contributed by atoms with Crippen LogP contribution in [0.3, 0.4) is 0 Å². The first-order valence-corrected chi connectivity index (χ1v) is 6.28. The Morgan fingerprint density at radius 1 is 1.33 bits per heavy atom. The maximum atomic E-state index is 12.6. The molecule has 0 atom stereocenters. The van der Waals surface area contributed by atoms with Crippen LogP contribution in [-0.2, 0) is 11.3 Å². The van der Waals surface area contributed by atoms with E-state index in [4.69, 9.17) is 0 Å². The van der Waals surface area contributed by atoms with Gasteiger partial charge in [0.05, 0.1) is 5.69 Å². The van der Waals surface area contributed by atoms with E-state index in [1.54, 1.807) is 33.0 Å². The van der Waals surface area contributed by atoms with Crippen LogP contribution < -0.4 is 4.90 Å². The SMILES string of the molecule is Cc1ccc(N(C)C(=O)Cn2nc(C(F)F)cc2C)nn1. The molecule has 0 saturated carbocycles. The molecule has 0 aliphatic heterocycles. The summed E-state index contributed by atoms with van der Waals surface area (Å²) in [4.78, 5) is 13.5. The number of halogens is 2. The maximum absolute atomic E-state index is 12.6. The minimum atomic E-state index is -2.65. The maximum Gasteiger partial charge on any atom is 0.282 e. The van der Waals surface area contributed by atoms with E-state index in [0.29, 0.717) is 11.5 Å². The van der Waals surface area contributed by atoms with Crippen LogP contribution in [0.5, 0.6) is 0 Å². The van der Waals surface area contributed by atoms with Gasteiger partial charge in [-0.1, -0.05) is 0 Å². The fourth-order valence-electron chi connectivity index (χ4n) is 1.74. The Balaban J connectivity index is 2.12. The molecular formula is C13H15F2N5O. The highest BCUT2D eigenvalue weighted by molar-refractivity contribution is 5.91. The molecule has 0 unspecified atom stereocenters.